The van der Waals surface area contributed by atoms with Crippen LogP contribution in [0, 0.1) is 0 Å². The van der Waals surface area contributed by atoms with Gasteiger partial charge in [-0.3, -0.25) is 4.90 Å². The fraction of sp³-hybridized carbons (Fsp3) is 0.462. The maximum Gasteiger partial charge on any atom is 0.0976 e. The van der Waals surface area contributed by atoms with Gasteiger partial charge in [-0.1, -0.05) is 55.5 Å². The summed E-state index contributed by atoms with van der Waals surface area (Å²) in [7, 11) is 0. The minimum absolute atomic E-state index is 0.116. The maximum atomic E-state index is 6.32. The smallest absolute Gasteiger partial charge is 0.0976 e. The van der Waals surface area contributed by atoms with Crippen molar-refractivity contribution in [3.8, 4) is 0 Å². The summed E-state index contributed by atoms with van der Waals surface area (Å²) in [4.78, 5) is 6.44. The van der Waals surface area contributed by atoms with E-state index in [1.807, 2.05) is 0 Å². The van der Waals surface area contributed by atoms with Crippen molar-refractivity contribution in [1.29, 1.82) is 0 Å². The third-order valence-electron chi connectivity index (χ3n) is 7.27. The zero-order chi connectivity index (χ0) is 19.7. The van der Waals surface area contributed by atoms with Gasteiger partial charge >= 0.3 is 0 Å². The van der Waals surface area contributed by atoms with Crippen molar-refractivity contribution in [1.82, 2.24) is 9.88 Å². The van der Waals surface area contributed by atoms with Gasteiger partial charge in [0.2, 0.25) is 0 Å². The molecule has 152 valence electrons. The van der Waals surface area contributed by atoms with Gasteiger partial charge in [-0.15, -0.1) is 0 Å². The normalized spacial score (nSPS) is 21.9. The monoisotopic (exact) mass is 388 g/mol. The maximum absolute atomic E-state index is 6.32. The van der Waals surface area contributed by atoms with Crippen LogP contribution in [0.4, 0.5) is 0 Å². The van der Waals surface area contributed by atoms with Crippen molar-refractivity contribution in [3.63, 3.8) is 0 Å². The van der Waals surface area contributed by atoms with Crippen LogP contribution in [0.2, 0.25) is 0 Å². The minimum Gasteiger partial charge on any atom is -0.372 e. The second kappa shape index (κ2) is 7.97. The molecule has 5 rings (SSSR count). The summed E-state index contributed by atoms with van der Waals surface area (Å²) >= 11 is 0. The molecule has 1 fully saturated rings. The Morgan fingerprint density at radius 1 is 1.03 bits per heavy atom. The number of para-hydroxylation sites is 1. The third-order valence-corrected chi connectivity index (χ3v) is 7.27. The van der Waals surface area contributed by atoms with Gasteiger partial charge in [-0.25, -0.2) is 0 Å². The van der Waals surface area contributed by atoms with Crippen LogP contribution in [-0.4, -0.2) is 29.6 Å². The first-order valence-electron chi connectivity index (χ1n) is 11.3. The minimum atomic E-state index is 0.116. The highest BCUT2D eigenvalue weighted by Crippen LogP contribution is 2.43. The number of aromatic nitrogens is 1. The molecule has 0 amide bonds. The van der Waals surface area contributed by atoms with E-state index in [-0.39, 0.29) is 11.6 Å². The van der Waals surface area contributed by atoms with Crippen LogP contribution in [-0.2, 0) is 16.7 Å². The van der Waals surface area contributed by atoms with E-state index in [1.54, 1.807) is 0 Å². The van der Waals surface area contributed by atoms with E-state index >= 15 is 0 Å². The zero-order valence-corrected chi connectivity index (χ0v) is 17.5. The Labute approximate surface area is 174 Å². The van der Waals surface area contributed by atoms with Gasteiger partial charge in [0, 0.05) is 22.1 Å². The quantitative estimate of drug-likeness (QED) is 0.564. The average molecular weight is 389 g/mol. The third kappa shape index (κ3) is 3.31. The molecule has 2 aromatic carbocycles. The van der Waals surface area contributed by atoms with Gasteiger partial charge in [-0.2, -0.15) is 0 Å². The molecule has 0 radical (unpaired) electrons. The van der Waals surface area contributed by atoms with Crippen molar-refractivity contribution in [2.75, 3.05) is 19.7 Å². The SMILES string of the molecule is CCC(CCC1OCCc2c1[nH]c1ccccc21)(c1ccccc1)N1CCCC1. The Bertz CT molecular complexity index is 957. The first kappa shape index (κ1) is 18.9. The second-order valence-corrected chi connectivity index (χ2v) is 8.66. The zero-order valence-electron chi connectivity index (χ0n) is 17.5. The first-order valence-corrected chi connectivity index (χ1v) is 11.3. The molecule has 2 aliphatic heterocycles. The Morgan fingerprint density at radius 3 is 2.59 bits per heavy atom. The Hall–Kier alpha value is -2.10. The van der Waals surface area contributed by atoms with Gasteiger partial charge in [0.1, 0.15) is 0 Å². The topological polar surface area (TPSA) is 28.3 Å². The van der Waals surface area contributed by atoms with E-state index in [1.165, 1.54) is 53.7 Å². The van der Waals surface area contributed by atoms with Crippen LogP contribution >= 0.6 is 0 Å². The number of ether oxygens (including phenoxy) is 1. The summed E-state index contributed by atoms with van der Waals surface area (Å²) in [6.07, 6.45) is 7.15. The van der Waals surface area contributed by atoms with E-state index in [0.29, 0.717) is 0 Å². The number of hydrogen-bond acceptors (Lipinski definition) is 2. The first-order chi connectivity index (χ1) is 14.3. The molecule has 2 aliphatic rings. The molecule has 1 N–H and O–H groups in total. The van der Waals surface area contributed by atoms with E-state index in [0.717, 1.165) is 32.3 Å². The standard InChI is InChI=1S/C26H32N2O/c1-2-26(28-17-8-9-18-28,20-10-4-3-5-11-20)16-14-24-25-22(15-19-29-24)21-12-6-7-13-23(21)27-25/h3-7,10-13,24,27H,2,8-9,14-19H2,1H3. The summed E-state index contributed by atoms with van der Waals surface area (Å²) in [6, 6.07) is 19.9. The predicted molar refractivity (Wildman–Crippen MR) is 119 cm³/mol. The van der Waals surface area contributed by atoms with Gasteiger partial charge in [0.05, 0.1) is 12.7 Å². The van der Waals surface area contributed by atoms with Crippen LogP contribution < -0.4 is 0 Å². The Kier molecular flexibility index (Phi) is 5.19. The van der Waals surface area contributed by atoms with Gasteiger partial charge in [0.15, 0.2) is 0 Å². The Morgan fingerprint density at radius 2 is 1.79 bits per heavy atom. The molecular weight excluding hydrogens is 356 g/mol. The molecule has 29 heavy (non-hydrogen) atoms. The number of fused-ring (bicyclic) bond motifs is 3. The predicted octanol–water partition coefficient (Wildman–Crippen LogP) is 5.96. The van der Waals surface area contributed by atoms with Crippen LogP contribution in [0.1, 0.15) is 62.0 Å². The fourth-order valence-electron chi connectivity index (χ4n) is 5.73. The molecule has 1 saturated heterocycles. The molecule has 2 atom stereocenters. The lowest BCUT2D eigenvalue weighted by Crippen LogP contribution is -2.44. The molecule has 0 spiro atoms. The largest absolute Gasteiger partial charge is 0.372 e. The fourth-order valence-corrected chi connectivity index (χ4v) is 5.73. The summed E-state index contributed by atoms with van der Waals surface area (Å²) in [5.74, 6) is 0. The number of nitrogens with one attached hydrogen (secondary N) is 1. The molecule has 0 aliphatic carbocycles. The van der Waals surface area contributed by atoms with Crippen LogP contribution in [0.5, 0.6) is 0 Å². The van der Waals surface area contributed by atoms with Crippen molar-refractivity contribution in [2.45, 2.75) is 57.1 Å². The van der Waals surface area contributed by atoms with Crippen molar-refractivity contribution in [3.05, 3.63) is 71.4 Å². The average Bonchev–Trinajstić information content (AvgIpc) is 3.44. The van der Waals surface area contributed by atoms with Crippen LogP contribution in [0.3, 0.4) is 0 Å². The molecule has 0 bridgehead atoms. The van der Waals surface area contributed by atoms with E-state index in [4.69, 9.17) is 4.74 Å². The summed E-state index contributed by atoms with van der Waals surface area (Å²) in [6.45, 7) is 5.62. The second-order valence-electron chi connectivity index (χ2n) is 8.66. The van der Waals surface area contributed by atoms with E-state index < -0.39 is 0 Å². The van der Waals surface area contributed by atoms with Crippen molar-refractivity contribution in [2.24, 2.45) is 0 Å². The lowest BCUT2D eigenvalue weighted by molar-refractivity contribution is 0.0122. The molecular formula is C26H32N2O. The van der Waals surface area contributed by atoms with E-state index in [9.17, 15) is 0 Å². The van der Waals surface area contributed by atoms with Crippen molar-refractivity contribution >= 4 is 10.9 Å². The van der Waals surface area contributed by atoms with E-state index in [2.05, 4.69) is 71.4 Å². The highest BCUT2D eigenvalue weighted by Gasteiger charge is 2.39. The molecule has 1 aromatic heterocycles. The van der Waals surface area contributed by atoms with Crippen LogP contribution in [0.15, 0.2) is 54.6 Å². The molecule has 3 heterocycles. The lowest BCUT2D eigenvalue weighted by Gasteiger charge is -2.43. The Balaban J connectivity index is 1.45. The molecule has 3 heteroatoms. The highest BCUT2D eigenvalue weighted by molar-refractivity contribution is 5.85. The highest BCUT2D eigenvalue weighted by atomic mass is 16.5. The summed E-state index contributed by atoms with van der Waals surface area (Å²) in [5.41, 5.74) is 5.62. The number of H-pyrrole nitrogens is 1. The number of benzene rings is 2. The van der Waals surface area contributed by atoms with Gasteiger partial charge < -0.3 is 9.72 Å². The molecule has 0 saturated carbocycles. The van der Waals surface area contributed by atoms with Gasteiger partial charge in [0.25, 0.3) is 0 Å². The summed E-state index contributed by atoms with van der Waals surface area (Å²) in [5, 5.41) is 1.38. The number of aromatic amines is 1. The number of rotatable bonds is 6. The van der Waals surface area contributed by atoms with Crippen LogP contribution in [0.25, 0.3) is 10.9 Å². The molecule has 2 unspecified atom stereocenters. The molecule has 3 nitrogen and oxygen atoms in total. The lowest BCUT2D eigenvalue weighted by atomic mass is 9.80. The number of likely N-dealkylation sites (tertiary alicyclic amines) is 1. The number of hydrogen-bond donors (Lipinski definition) is 1. The number of nitrogens with zero attached hydrogens (tertiary/aromatic N) is 1. The molecule has 3 aromatic rings. The van der Waals surface area contributed by atoms with Gasteiger partial charge in [-0.05, 0) is 68.8 Å². The summed E-state index contributed by atoms with van der Waals surface area (Å²) < 4.78 is 6.32. The van der Waals surface area contributed by atoms with Crippen molar-refractivity contribution < 1.29 is 4.74 Å².